The van der Waals surface area contributed by atoms with Gasteiger partial charge in [-0.25, -0.2) is 8.42 Å². The second-order valence-electron chi connectivity index (χ2n) is 6.29. The molecule has 2 rings (SSSR count). The Morgan fingerprint density at radius 1 is 1.38 bits per heavy atom. The van der Waals surface area contributed by atoms with Crippen LogP contribution in [0, 0.1) is 12.8 Å². The fourth-order valence-corrected chi connectivity index (χ4v) is 5.61. The number of hydrogen-bond acceptors (Lipinski definition) is 4. The molecule has 120 valence electrons. The molecule has 21 heavy (non-hydrogen) atoms. The monoisotopic (exact) mass is 330 g/mol. The van der Waals surface area contributed by atoms with Gasteiger partial charge in [-0.1, -0.05) is 20.8 Å². The number of thiophene rings is 1. The van der Waals surface area contributed by atoms with Crippen LogP contribution in [0.15, 0.2) is 10.3 Å². The summed E-state index contributed by atoms with van der Waals surface area (Å²) in [7, 11) is -3.30. The van der Waals surface area contributed by atoms with Crippen molar-refractivity contribution in [2.75, 3.05) is 13.1 Å². The van der Waals surface area contributed by atoms with E-state index >= 15 is 0 Å². The third-order valence-corrected chi connectivity index (χ3v) is 7.59. The normalized spacial score (nSPS) is 18.5. The lowest BCUT2D eigenvalue weighted by Gasteiger charge is -2.28. The van der Waals surface area contributed by atoms with Crippen LogP contribution < -0.4 is 5.32 Å². The van der Waals surface area contributed by atoms with Gasteiger partial charge >= 0.3 is 0 Å². The topological polar surface area (TPSA) is 49.4 Å². The van der Waals surface area contributed by atoms with E-state index in [4.69, 9.17) is 0 Å². The molecule has 1 N–H and O–H groups in total. The molecule has 2 heterocycles. The summed E-state index contributed by atoms with van der Waals surface area (Å²) in [5, 5.41) is 3.35. The van der Waals surface area contributed by atoms with Gasteiger partial charge in [-0.2, -0.15) is 4.31 Å². The highest BCUT2D eigenvalue weighted by molar-refractivity contribution is 7.91. The minimum atomic E-state index is -3.30. The van der Waals surface area contributed by atoms with Crippen molar-refractivity contribution >= 4 is 21.4 Å². The summed E-state index contributed by atoms with van der Waals surface area (Å²) in [6, 6.07) is 2.23. The summed E-state index contributed by atoms with van der Waals surface area (Å²) in [5.41, 5.74) is 1.07. The molecule has 1 aromatic heterocycles. The maximum atomic E-state index is 12.7. The summed E-state index contributed by atoms with van der Waals surface area (Å²) in [6.07, 6.45) is 1.93. The molecular formula is C15H26N2O2S2. The highest BCUT2D eigenvalue weighted by atomic mass is 32.2. The van der Waals surface area contributed by atoms with Gasteiger partial charge < -0.3 is 5.32 Å². The van der Waals surface area contributed by atoms with Gasteiger partial charge in [0.1, 0.15) is 4.21 Å². The number of piperidine rings is 1. The molecule has 4 nitrogen and oxygen atoms in total. The van der Waals surface area contributed by atoms with Crippen molar-refractivity contribution in [2.45, 2.75) is 57.3 Å². The Labute approximate surface area is 132 Å². The third kappa shape index (κ3) is 4.06. The molecule has 0 saturated carbocycles. The van der Waals surface area contributed by atoms with Crippen LogP contribution in [0.2, 0.25) is 0 Å². The first kappa shape index (κ1) is 16.9. The van der Waals surface area contributed by atoms with Crippen LogP contribution in [0.4, 0.5) is 0 Å². The standard InChI is InChI=1S/C15H26N2O2S2/c1-11(2)16-10-14-13(4)9-15(20-14)21(18,19)17-7-5-12(3)6-8-17/h9,11-12,16H,5-8,10H2,1-4H3. The van der Waals surface area contributed by atoms with E-state index in [1.807, 2.05) is 13.0 Å². The second-order valence-corrected chi connectivity index (χ2v) is 9.60. The molecule has 0 unspecified atom stereocenters. The van der Waals surface area contributed by atoms with Crippen LogP contribution in [0.3, 0.4) is 0 Å². The number of sulfonamides is 1. The molecule has 0 atom stereocenters. The lowest BCUT2D eigenvalue weighted by Crippen LogP contribution is -2.37. The molecule has 1 aliphatic rings. The largest absolute Gasteiger partial charge is 0.310 e. The summed E-state index contributed by atoms with van der Waals surface area (Å²) >= 11 is 1.41. The zero-order valence-electron chi connectivity index (χ0n) is 13.3. The molecule has 0 amide bonds. The third-order valence-electron chi connectivity index (χ3n) is 4.01. The van der Waals surface area contributed by atoms with Gasteiger partial charge in [0.15, 0.2) is 0 Å². The van der Waals surface area contributed by atoms with Gasteiger partial charge in [0.25, 0.3) is 10.0 Å². The minimum absolute atomic E-state index is 0.398. The van der Waals surface area contributed by atoms with Crippen molar-refractivity contribution in [3.8, 4) is 0 Å². The molecule has 1 fully saturated rings. The first-order chi connectivity index (χ1) is 9.80. The van der Waals surface area contributed by atoms with Gasteiger partial charge in [0, 0.05) is 30.6 Å². The zero-order valence-corrected chi connectivity index (χ0v) is 15.0. The average Bonchev–Trinajstić information content (AvgIpc) is 2.79. The molecule has 0 radical (unpaired) electrons. The Kier molecular flexibility index (Phi) is 5.46. The summed E-state index contributed by atoms with van der Waals surface area (Å²) in [6.45, 7) is 10.4. The Bertz CT molecular complexity index is 570. The van der Waals surface area contributed by atoms with Gasteiger partial charge in [-0.3, -0.25) is 0 Å². The highest BCUT2D eigenvalue weighted by Crippen LogP contribution is 2.30. The van der Waals surface area contributed by atoms with E-state index in [9.17, 15) is 8.42 Å². The quantitative estimate of drug-likeness (QED) is 0.903. The van der Waals surface area contributed by atoms with Gasteiger partial charge in [0.2, 0.25) is 0 Å². The van der Waals surface area contributed by atoms with Crippen molar-refractivity contribution in [3.05, 3.63) is 16.5 Å². The number of nitrogens with one attached hydrogen (secondary N) is 1. The van der Waals surface area contributed by atoms with E-state index in [0.717, 1.165) is 29.8 Å². The average molecular weight is 331 g/mol. The second kappa shape index (κ2) is 6.77. The Morgan fingerprint density at radius 2 is 2.00 bits per heavy atom. The Morgan fingerprint density at radius 3 is 2.57 bits per heavy atom. The zero-order chi connectivity index (χ0) is 15.6. The number of nitrogens with zero attached hydrogens (tertiary/aromatic N) is 1. The molecule has 1 aliphatic heterocycles. The van der Waals surface area contributed by atoms with Crippen LogP contribution in [0.25, 0.3) is 0 Å². The van der Waals surface area contributed by atoms with Crippen molar-refractivity contribution in [2.24, 2.45) is 5.92 Å². The van der Waals surface area contributed by atoms with Crippen LogP contribution in [0.5, 0.6) is 0 Å². The summed E-state index contributed by atoms with van der Waals surface area (Å²) in [4.78, 5) is 1.12. The van der Waals surface area contributed by atoms with E-state index in [-0.39, 0.29) is 0 Å². The fourth-order valence-electron chi connectivity index (χ4n) is 2.44. The Hall–Kier alpha value is -0.430. The van der Waals surface area contributed by atoms with Crippen LogP contribution in [-0.4, -0.2) is 31.9 Å². The molecule has 6 heteroatoms. The molecular weight excluding hydrogens is 304 g/mol. The maximum Gasteiger partial charge on any atom is 0.252 e. The van der Waals surface area contributed by atoms with Crippen molar-refractivity contribution in [1.82, 2.24) is 9.62 Å². The number of aryl methyl sites for hydroxylation is 1. The van der Waals surface area contributed by atoms with Gasteiger partial charge in [0.05, 0.1) is 0 Å². The summed E-state index contributed by atoms with van der Waals surface area (Å²) in [5.74, 6) is 0.632. The smallest absolute Gasteiger partial charge is 0.252 e. The first-order valence-corrected chi connectivity index (χ1v) is 9.89. The van der Waals surface area contributed by atoms with Crippen molar-refractivity contribution < 1.29 is 8.42 Å². The van der Waals surface area contributed by atoms with E-state index in [1.165, 1.54) is 11.3 Å². The number of hydrogen-bond donors (Lipinski definition) is 1. The van der Waals surface area contributed by atoms with E-state index in [0.29, 0.717) is 29.3 Å². The van der Waals surface area contributed by atoms with Gasteiger partial charge in [-0.05, 0) is 37.3 Å². The minimum Gasteiger partial charge on any atom is -0.310 e. The molecule has 0 spiro atoms. The molecule has 0 aromatic carbocycles. The van der Waals surface area contributed by atoms with Crippen molar-refractivity contribution in [1.29, 1.82) is 0 Å². The molecule has 1 aromatic rings. The molecule has 0 aliphatic carbocycles. The fraction of sp³-hybridized carbons (Fsp3) is 0.733. The van der Waals surface area contributed by atoms with Gasteiger partial charge in [-0.15, -0.1) is 11.3 Å². The molecule has 0 bridgehead atoms. The molecule has 1 saturated heterocycles. The maximum absolute atomic E-state index is 12.7. The van der Waals surface area contributed by atoms with E-state index in [2.05, 4.69) is 26.1 Å². The van der Waals surface area contributed by atoms with Crippen molar-refractivity contribution in [3.63, 3.8) is 0 Å². The lowest BCUT2D eigenvalue weighted by atomic mass is 10.0. The predicted octanol–water partition coefficient (Wildman–Crippen LogP) is 2.98. The van der Waals surface area contributed by atoms with E-state index in [1.54, 1.807) is 4.31 Å². The predicted molar refractivity (Wildman–Crippen MR) is 88.2 cm³/mol. The lowest BCUT2D eigenvalue weighted by molar-refractivity contribution is 0.288. The van der Waals surface area contributed by atoms with Crippen LogP contribution in [0.1, 0.15) is 44.1 Å². The first-order valence-electron chi connectivity index (χ1n) is 7.63. The summed E-state index contributed by atoms with van der Waals surface area (Å²) < 4.78 is 27.6. The van der Waals surface area contributed by atoms with Crippen LogP contribution >= 0.6 is 11.3 Å². The SMILES string of the molecule is Cc1cc(S(=O)(=O)N2CCC(C)CC2)sc1CNC(C)C. The van der Waals surface area contributed by atoms with Crippen LogP contribution in [-0.2, 0) is 16.6 Å². The Balaban J connectivity index is 2.15. The highest BCUT2D eigenvalue weighted by Gasteiger charge is 2.29. The number of rotatable bonds is 5. The van der Waals surface area contributed by atoms with E-state index < -0.39 is 10.0 Å².